The second kappa shape index (κ2) is 4.83. The lowest BCUT2D eigenvalue weighted by Crippen LogP contribution is -2.01. The zero-order valence-electron chi connectivity index (χ0n) is 8.77. The number of rotatable bonds is 2. The summed E-state index contributed by atoms with van der Waals surface area (Å²) in [6.07, 6.45) is 0. The summed E-state index contributed by atoms with van der Waals surface area (Å²) in [5.74, 6) is 0.143. The molecule has 0 saturated carbocycles. The molecule has 0 spiro atoms. The number of benzene rings is 1. The van der Waals surface area contributed by atoms with Gasteiger partial charge in [-0.25, -0.2) is 4.79 Å². The van der Waals surface area contributed by atoms with Gasteiger partial charge in [-0.15, -0.1) is 5.10 Å². The van der Waals surface area contributed by atoms with Crippen LogP contribution in [0.25, 0.3) is 5.69 Å². The van der Waals surface area contributed by atoms with Crippen LogP contribution >= 0.6 is 11.8 Å². The van der Waals surface area contributed by atoms with E-state index in [1.807, 2.05) is 0 Å². The first-order valence-electron chi connectivity index (χ1n) is 4.54. The van der Waals surface area contributed by atoms with Crippen molar-refractivity contribution in [1.29, 1.82) is 0 Å². The number of phenolic OH excluding ortho intramolecular Hbond substituents is 1. The van der Waals surface area contributed by atoms with Crippen LogP contribution in [-0.4, -0.2) is 37.7 Å². The second-order valence-electron chi connectivity index (χ2n) is 2.95. The zero-order chi connectivity index (χ0) is 12.3. The molecule has 0 bridgehead atoms. The molecule has 88 valence electrons. The predicted octanol–water partition coefficient (Wildman–Crippen LogP) is 1.23. The fourth-order valence-corrected chi connectivity index (χ4v) is 1.65. The van der Waals surface area contributed by atoms with E-state index in [1.54, 1.807) is 12.1 Å². The molecule has 0 aliphatic rings. The van der Waals surface area contributed by atoms with E-state index in [0.717, 1.165) is 11.8 Å². The summed E-state index contributed by atoms with van der Waals surface area (Å²) in [5, 5.41) is 19.9. The average molecular weight is 252 g/mol. The number of phenols is 1. The highest BCUT2D eigenvalue weighted by molar-refractivity contribution is 8.13. The SMILES string of the molecule is COC(=O)Sc1nnnn1-c1ccc(O)cc1. The van der Waals surface area contributed by atoms with Crippen molar-refractivity contribution in [3.05, 3.63) is 24.3 Å². The molecule has 1 aromatic heterocycles. The maximum absolute atomic E-state index is 11.1. The number of carbonyl (C=O) groups excluding carboxylic acids is 1. The normalized spacial score (nSPS) is 10.2. The molecular weight excluding hydrogens is 244 g/mol. The maximum Gasteiger partial charge on any atom is 0.374 e. The van der Waals surface area contributed by atoms with Gasteiger partial charge in [0.15, 0.2) is 0 Å². The van der Waals surface area contributed by atoms with Crippen LogP contribution in [0.1, 0.15) is 0 Å². The fraction of sp³-hybridized carbons (Fsp3) is 0.111. The van der Waals surface area contributed by atoms with E-state index in [4.69, 9.17) is 5.11 Å². The van der Waals surface area contributed by atoms with Crippen LogP contribution < -0.4 is 0 Å². The zero-order valence-corrected chi connectivity index (χ0v) is 9.59. The molecule has 17 heavy (non-hydrogen) atoms. The highest BCUT2D eigenvalue weighted by atomic mass is 32.2. The van der Waals surface area contributed by atoms with Crippen LogP contribution in [0.15, 0.2) is 29.4 Å². The Morgan fingerprint density at radius 2 is 2.12 bits per heavy atom. The minimum atomic E-state index is -0.500. The molecule has 0 unspecified atom stereocenters. The minimum absolute atomic E-state index is 0.143. The maximum atomic E-state index is 11.1. The third kappa shape index (κ3) is 2.53. The van der Waals surface area contributed by atoms with Crippen LogP contribution in [0.2, 0.25) is 0 Å². The van der Waals surface area contributed by atoms with Crippen molar-refractivity contribution in [3.63, 3.8) is 0 Å². The number of hydrogen-bond acceptors (Lipinski definition) is 7. The lowest BCUT2D eigenvalue weighted by Gasteiger charge is -2.02. The Hall–Kier alpha value is -2.09. The molecule has 8 heteroatoms. The van der Waals surface area contributed by atoms with Gasteiger partial charge in [-0.2, -0.15) is 4.68 Å². The number of ether oxygens (including phenoxy) is 1. The van der Waals surface area contributed by atoms with Gasteiger partial charge < -0.3 is 9.84 Å². The number of aromatic hydroxyl groups is 1. The summed E-state index contributed by atoms with van der Waals surface area (Å²) in [5.41, 5.74) is 0.638. The molecule has 2 aromatic rings. The van der Waals surface area contributed by atoms with E-state index in [9.17, 15) is 4.79 Å². The number of aromatic nitrogens is 4. The number of methoxy groups -OCH3 is 1. The molecule has 0 atom stereocenters. The smallest absolute Gasteiger partial charge is 0.374 e. The minimum Gasteiger partial charge on any atom is -0.508 e. The Kier molecular flexibility index (Phi) is 3.24. The molecule has 2 rings (SSSR count). The van der Waals surface area contributed by atoms with Crippen LogP contribution in [0.5, 0.6) is 5.75 Å². The van der Waals surface area contributed by atoms with Crippen molar-refractivity contribution in [1.82, 2.24) is 20.2 Å². The first-order chi connectivity index (χ1) is 8.20. The topological polar surface area (TPSA) is 90.1 Å². The van der Waals surface area contributed by atoms with Crippen LogP contribution in [-0.2, 0) is 4.74 Å². The van der Waals surface area contributed by atoms with Crippen molar-refractivity contribution in [2.75, 3.05) is 7.11 Å². The van der Waals surface area contributed by atoms with Gasteiger partial charge in [0, 0.05) is 11.8 Å². The van der Waals surface area contributed by atoms with Crippen molar-refractivity contribution < 1.29 is 14.6 Å². The summed E-state index contributed by atoms with van der Waals surface area (Å²) in [6, 6.07) is 6.27. The molecule has 0 radical (unpaired) electrons. The molecule has 0 fully saturated rings. The molecule has 1 aromatic carbocycles. The molecule has 1 N–H and O–H groups in total. The summed E-state index contributed by atoms with van der Waals surface area (Å²) < 4.78 is 5.88. The Labute approximate surface area is 100 Å². The van der Waals surface area contributed by atoms with Crippen LogP contribution in [0.3, 0.4) is 0 Å². The lowest BCUT2D eigenvalue weighted by atomic mass is 10.3. The van der Waals surface area contributed by atoms with Gasteiger partial charge in [-0.05, 0) is 34.7 Å². The molecule has 0 aliphatic heterocycles. The van der Waals surface area contributed by atoms with E-state index in [2.05, 4.69) is 20.3 Å². The lowest BCUT2D eigenvalue weighted by molar-refractivity contribution is 0.200. The average Bonchev–Trinajstić information content (AvgIpc) is 2.78. The molecular formula is C9H8N4O3S. The largest absolute Gasteiger partial charge is 0.508 e. The molecule has 0 aliphatic carbocycles. The van der Waals surface area contributed by atoms with Gasteiger partial charge in [0.1, 0.15) is 5.75 Å². The number of thioether (sulfide) groups is 1. The van der Waals surface area contributed by atoms with Gasteiger partial charge in [-0.1, -0.05) is 0 Å². The van der Waals surface area contributed by atoms with E-state index in [0.29, 0.717) is 10.8 Å². The number of tetrazole rings is 1. The Balaban J connectivity index is 2.30. The fourth-order valence-electron chi connectivity index (χ4n) is 1.11. The Morgan fingerprint density at radius 1 is 1.41 bits per heavy atom. The highest BCUT2D eigenvalue weighted by Crippen LogP contribution is 2.20. The summed E-state index contributed by atoms with van der Waals surface area (Å²) in [7, 11) is 1.28. The Bertz CT molecular complexity index is 525. The predicted molar refractivity (Wildman–Crippen MR) is 59.1 cm³/mol. The van der Waals surface area contributed by atoms with Crippen molar-refractivity contribution in [2.24, 2.45) is 0 Å². The van der Waals surface area contributed by atoms with Gasteiger partial charge in [0.05, 0.1) is 12.8 Å². The standard InChI is InChI=1S/C9H8N4O3S/c1-16-9(15)17-8-10-11-12-13(8)6-2-4-7(14)5-3-6/h2-5,14H,1H3. The highest BCUT2D eigenvalue weighted by Gasteiger charge is 2.13. The number of carbonyl (C=O) groups is 1. The molecule has 1 heterocycles. The first kappa shape index (κ1) is 11.4. The van der Waals surface area contributed by atoms with Gasteiger partial charge >= 0.3 is 5.30 Å². The first-order valence-corrected chi connectivity index (χ1v) is 5.36. The summed E-state index contributed by atoms with van der Waals surface area (Å²) in [4.78, 5) is 11.1. The molecule has 0 amide bonds. The van der Waals surface area contributed by atoms with Crippen molar-refractivity contribution in [2.45, 2.75) is 5.16 Å². The monoisotopic (exact) mass is 252 g/mol. The third-order valence-corrected chi connectivity index (χ3v) is 2.65. The molecule has 0 saturated heterocycles. The van der Waals surface area contributed by atoms with Gasteiger partial charge in [0.25, 0.3) is 0 Å². The summed E-state index contributed by atoms with van der Waals surface area (Å²) >= 11 is 0.779. The third-order valence-electron chi connectivity index (χ3n) is 1.88. The number of nitrogens with zero attached hydrogens (tertiary/aromatic N) is 4. The quantitative estimate of drug-likeness (QED) is 0.634. The second-order valence-corrected chi connectivity index (χ2v) is 3.85. The van der Waals surface area contributed by atoms with Crippen molar-refractivity contribution in [3.8, 4) is 11.4 Å². The van der Waals surface area contributed by atoms with Gasteiger partial charge in [-0.3, -0.25) is 0 Å². The molecule has 7 nitrogen and oxygen atoms in total. The van der Waals surface area contributed by atoms with E-state index >= 15 is 0 Å². The summed E-state index contributed by atoms with van der Waals surface area (Å²) in [6.45, 7) is 0. The van der Waals surface area contributed by atoms with Crippen LogP contribution in [0.4, 0.5) is 4.79 Å². The van der Waals surface area contributed by atoms with E-state index < -0.39 is 5.30 Å². The van der Waals surface area contributed by atoms with E-state index in [-0.39, 0.29) is 5.75 Å². The van der Waals surface area contributed by atoms with Crippen LogP contribution in [0, 0.1) is 0 Å². The van der Waals surface area contributed by atoms with E-state index in [1.165, 1.54) is 23.9 Å². The van der Waals surface area contributed by atoms with Gasteiger partial charge in [0.2, 0.25) is 5.16 Å². The van der Waals surface area contributed by atoms with Crippen molar-refractivity contribution >= 4 is 17.1 Å². The Morgan fingerprint density at radius 3 is 2.76 bits per heavy atom. The number of hydrogen-bond donors (Lipinski definition) is 1.